The van der Waals surface area contributed by atoms with Gasteiger partial charge in [0.05, 0.1) is 11.2 Å². The molecule has 17 heavy (non-hydrogen) atoms. The second-order valence-electron chi connectivity index (χ2n) is 4.62. The lowest BCUT2D eigenvalue weighted by Crippen LogP contribution is -2.49. The first-order valence-electron chi connectivity index (χ1n) is 5.80. The van der Waals surface area contributed by atoms with Gasteiger partial charge in [-0.2, -0.15) is 0 Å². The SMILES string of the molecule is CNS(=O)(=O)CCNC(=O)C1(C)CCCNC1. The molecule has 1 amide bonds. The van der Waals surface area contributed by atoms with Crippen LogP contribution >= 0.6 is 0 Å². The second-order valence-corrected chi connectivity index (χ2v) is 6.67. The Bertz CT molecular complexity index is 361. The highest BCUT2D eigenvalue weighted by Gasteiger charge is 2.34. The number of sulfonamides is 1. The summed E-state index contributed by atoms with van der Waals surface area (Å²) in [5.41, 5.74) is -0.415. The third kappa shape index (κ3) is 4.25. The minimum atomic E-state index is -3.25. The predicted molar refractivity (Wildman–Crippen MR) is 66.1 cm³/mol. The van der Waals surface area contributed by atoms with Gasteiger partial charge in [-0.25, -0.2) is 13.1 Å². The van der Waals surface area contributed by atoms with Crippen LogP contribution in [0.1, 0.15) is 19.8 Å². The Kier molecular flexibility index (Phi) is 4.91. The van der Waals surface area contributed by atoms with Crippen molar-refractivity contribution < 1.29 is 13.2 Å². The van der Waals surface area contributed by atoms with Crippen molar-refractivity contribution in [3.8, 4) is 0 Å². The lowest BCUT2D eigenvalue weighted by molar-refractivity contribution is -0.130. The lowest BCUT2D eigenvalue weighted by atomic mass is 9.82. The summed E-state index contributed by atoms with van der Waals surface area (Å²) in [4.78, 5) is 11.9. The standard InChI is InChI=1S/C10H21N3O3S/c1-10(4-3-5-12-8-10)9(14)13-6-7-17(15,16)11-2/h11-12H,3-8H2,1-2H3,(H,13,14). The number of carbonyl (C=O) groups excluding carboxylic acids is 1. The smallest absolute Gasteiger partial charge is 0.227 e. The summed E-state index contributed by atoms with van der Waals surface area (Å²) >= 11 is 0. The number of amides is 1. The van der Waals surface area contributed by atoms with E-state index in [1.54, 1.807) is 0 Å². The third-order valence-electron chi connectivity index (χ3n) is 3.11. The molecule has 1 aliphatic heterocycles. The van der Waals surface area contributed by atoms with Crippen molar-refractivity contribution in [3.63, 3.8) is 0 Å². The van der Waals surface area contributed by atoms with Gasteiger partial charge >= 0.3 is 0 Å². The van der Waals surface area contributed by atoms with Gasteiger partial charge in [0, 0.05) is 13.1 Å². The summed E-state index contributed by atoms with van der Waals surface area (Å²) in [7, 11) is -1.88. The van der Waals surface area contributed by atoms with Crippen LogP contribution in [0.15, 0.2) is 0 Å². The quantitative estimate of drug-likeness (QED) is 0.596. The van der Waals surface area contributed by atoms with Crippen LogP contribution in [0.2, 0.25) is 0 Å². The van der Waals surface area contributed by atoms with Gasteiger partial charge in [-0.15, -0.1) is 0 Å². The Hall–Kier alpha value is -0.660. The maximum atomic E-state index is 11.9. The van der Waals surface area contributed by atoms with Crippen LogP contribution in [-0.4, -0.2) is 46.8 Å². The van der Waals surface area contributed by atoms with E-state index in [2.05, 4.69) is 15.4 Å². The largest absolute Gasteiger partial charge is 0.355 e. The number of hydrogen-bond donors (Lipinski definition) is 3. The van der Waals surface area contributed by atoms with Gasteiger partial charge in [-0.1, -0.05) is 0 Å². The summed E-state index contributed by atoms with van der Waals surface area (Å²) in [6.07, 6.45) is 1.81. The Morgan fingerprint density at radius 3 is 2.71 bits per heavy atom. The van der Waals surface area contributed by atoms with E-state index in [1.165, 1.54) is 7.05 Å². The van der Waals surface area contributed by atoms with E-state index in [1.807, 2.05) is 6.92 Å². The zero-order valence-electron chi connectivity index (χ0n) is 10.4. The van der Waals surface area contributed by atoms with Gasteiger partial charge in [0.1, 0.15) is 0 Å². The molecule has 0 bridgehead atoms. The van der Waals surface area contributed by atoms with Crippen LogP contribution in [0, 0.1) is 5.41 Å². The van der Waals surface area contributed by atoms with Crippen molar-refractivity contribution in [1.29, 1.82) is 0 Å². The highest BCUT2D eigenvalue weighted by atomic mass is 32.2. The molecule has 0 aromatic rings. The van der Waals surface area contributed by atoms with E-state index in [0.717, 1.165) is 19.4 Å². The Morgan fingerprint density at radius 1 is 1.47 bits per heavy atom. The molecule has 6 nitrogen and oxygen atoms in total. The van der Waals surface area contributed by atoms with E-state index in [4.69, 9.17) is 0 Å². The molecule has 1 fully saturated rings. The van der Waals surface area contributed by atoms with Crippen molar-refractivity contribution in [1.82, 2.24) is 15.4 Å². The first-order valence-corrected chi connectivity index (χ1v) is 7.45. The zero-order chi connectivity index (χ0) is 12.9. The number of nitrogens with one attached hydrogen (secondary N) is 3. The van der Waals surface area contributed by atoms with Gasteiger partial charge in [-0.3, -0.25) is 4.79 Å². The van der Waals surface area contributed by atoms with E-state index in [-0.39, 0.29) is 18.2 Å². The van der Waals surface area contributed by atoms with Crippen molar-refractivity contribution >= 4 is 15.9 Å². The average molecular weight is 263 g/mol. The number of piperidine rings is 1. The normalized spacial score (nSPS) is 25.5. The molecule has 0 radical (unpaired) electrons. The van der Waals surface area contributed by atoms with Gasteiger partial charge in [-0.05, 0) is 33.4 Å². The van der Waals surface area contributed by atoms with E-state index >= 15 is 0 Å². The van der Waals surface area contributed by atoms with Crippen molar-refractivity contribution in [2.75, 3.05) is 32.4 Å². The van der Waals surface area contributed by atoms with E-state index in [0.29, 0.717) is 6.54 Å². The van der Waals surface area contributed by atoms with Gasteiger partial charge in [0.15, 0.2) is 0 Å². The highest BCUT2D eigenvalue weighted by molar-refractivity contribution is 7.89. The zero-order valence-corrected chi connectivity index (χ0v) is 11.2. The topological polar surface area (TPSA) is 87.3 Å². The van der Waals surface area contributed by atoms with Crippen LogP contribution in [0.5, 0.6) is 0 Å². The molecular formula is C10H21N3O3S. The van der Waals surface area contributed by atoms with Crippen molar-refractivity contribution in [2.45, 2.75) is 19.8 Å². The van der Waals surface area contributed by atoms with Gasteiger partial charge in [0.2, 0.25) is 15.9 Å². The predicted octanol–water partition coefficient (Wildman–Crippen LogP) is -0.958. The highest BCUT2D eigenvalue weighted by Crippen LogP contribution is 2.25. The van der Waals surface area contributed by atoms with E-state index in [9.17, 15) is 13.2 Å². The number of hydrogen-bond acceptors (Lipinski definition) is 4. The summed E-state index contributed by atoms with van der Waals surface area (Å²) in [6, 6.07) is 0. The molecule has 0 spiro atoms. The third-order valence-corrected chi connectivity index (χ3v) is 4.48. The molecule has 0 aromatic carbocycles. The molecule has 0 aliphatic carbocycles. The van der Waals surface area contributed by atoms with E-state index < -0.39 is 15.4 Å². The minimum Gasteiger partial charge on any atom is -0.355 e. The summed E-state index contributed by atoms with van der Waals surface area (Å²) in [5, 5.41) is 5.87. The molecule has 3 N–H and O–H groups in total. The Balaban J connectivity index is 2.39. The fraction of sp³-hybridized carbons (Fsp3) is 0.900. The molecule has 1 heterocycles. The summed E-state index contributed by atoms with van der Waals surface area (Å²) in [5.74, 6) is -0.158. The molecule has 0 aromatic heterocycles. The summed E-state index contributed by atoms with van der Waals surface area (Å²) in [6.45, 7) is 3.65. The maximum Gasteiger partial charge on any atom is 0.227 e. The molecule has 1 saturated heterocycles. The Labute approximate surface area is 103 Å². The minimum absolute atomic E-state index is 0.0731. The molecule has 1 atom stereocenters. The number of carbonyl (C=O) groups is 1. The lowest BCUT2D eigenvalue weighted by Gasteiger charge is -2.32. The fourth-order valence-electron chi connectivity index (χ4n) is 1.86. The first kappa shape index (κ1) is 14.4. The van der Waals surface area contributed by atoms with Crippen molar-refractivity contribution in [3.05, 3.63) is 0 Å². The van der Waals surface area contributed by atoms with Crippen molar-refractivity contribution in [2.24, 2.45) is 5.41 Å². The molecule has 0 saturated carbocycles. The molecule has 1 unspecified atom stereocenters. The van der Waals surface area contributed by atoms with Crippen LogP contribution in [0.3, 0.4) is 0 Å². The van der Waals surface area contributed by atoms with Crippen LogP contribution in [-0.2, 0) is 14.8 Å². The van der Waals surface area contributed by atoms with Gasteiger partial charge < -0.3 is 10.6 Å². The number of rotatable bonds is 5. The molecule has 100 valence electrons. The van der Waals surface area contributed by atoms with Gasteiger partial charge in [0.25, 0.3) is 0 Å². The van der Waals surface area contributed by atoms with Crippen LogP contribution in [0.25, 0.3) is 0 Å². The monoisotopic (exact) mass is 263 g/mol. The molecule has 7 heteroatoms. The van der Waals surface area contributed by atoms with Crippen LogP contribution in [0.4, 0.5) is 0 Å². The van der Waals surface area contributed by atoms with Crippen LogP contribution < -0.4 is 15.4 Å². The average Bonchev–Trinajstić information content (AvgIpc) is 2.29. The Morgan fingerprint density at radius 2 is 2.18 bits per heavy atom. The molecular weight excluding hydrogens is 242 g/mol. The molecule has 1 aliphatic rings. The summed E-state index contributed by atoms with van der Waals surface area (Å²) < 4.78 is 24.5. The maximum absolute atomic E-state index is 11.9. The second kappa shape index (κ2) is 5.79. The fourth-order valence-corrected chi connectivity index (χ4v) is 2.44. The first-order chi connectivity index (χ1) is 7.90. The molecule has 1 rings (SSSR count).